The number of nitrogens with zero attached hydrogens (tertiary/aromatic N) is 2. The Hall–Kier alpha value is -1.46. The van der Waals surface area contributed by atoms with Gasteiger partial charge in [0.15, 0.2) is 0 Å². The van der Waals surface area contributed by atoms with Crippen molar-refractivity contribution < 1.29 is 9.18 Å². The van der Waals surface area contributed by atoms with Crippen LogP contribution >= 0.6 is 0 Å². The van der Waals surface area contributed by atoms with Crippen molar-refractivity contribution in [1.29, 1.82) is 0 Å². The van der Waals surface area contributed by atoms with Gasteiger partial charge in [-0.2, -0.15) is 0 Å². The van der Waals surface area contributed by atoms with Gasteiger partial charge in [-0.1, -0.05) is 6.07 Å². The molecule has 1 N–H and O–H groups in total. The second kappa shape index (κ2) is 5.46. The summed E-state index contributed by atoms with van der Waals surface area (Å²) in [5, 5.41) is 1.88. The third-order valence-corrected chi connectivity index (χ3v) is 3.20. The highest BCUT2D eigenvalue weighted by atomic mass is 19.1. The zero-order chi connectivity index (χ0) is 13.1. The van der Waals surface area contributed by atoms with Crippen LogP contribution in [-0.4, -0.2) is 49.0 Å². The SMILES string of the molecule is Cc1ccc(C(=O)NN2CCN(C)CC2)cc1F. The van der Waals surface area contributed by atoms with Gasteiger partial charge in [0.1, 0.15) is 5.82 Å². The summed E-state index contributed by atoms with van der Waals surface area (Å²) in [6, 6.07) is 4.54. The molecular weight excluding hydrogens is 233 g/mol. The van der Waals surface area contributed by atoms with Crippen molar-refractivity contribution in [3.63, 3.8) is 0 Å². The average Bonchev–Trinajstić information content (AvgIpc) is 2.35. The van der Waals surface area contributed by atoms with Gasteiger partial charge in [-0.15, -0.1) is 0 Å². The second-order valence-electron chi connectivity index (χ2n) is 4.70. The Kier molecular flexibility index (Phi) is 3.93. The first kappa shape index (κ1) is 13.0. The van der Waals surface area contributed by atoms with E-state index in [4.69, 9.17) is 0 Å². The maximum atomic E-state index is 13.4. The van der Waals surface area contributed by atoms with Crippen LogP contribution in [0, 0.1) is 12.7 Å². The van der Waals surface area contributed by atoms with Crippen molar-refractivity contribution in [1.82, 2.24) is 15.3 Å². The number of carbonyl (C=O) groups is 1. The lowest BCUT2D eigenvalue weighted by Gasteiger charge is -2.32. The third kappa shape index (κ3) is 3.05. The Bertz CT molecular complexity index is 442. The number of piperazine rings is 1. The molecule has 1 aromatic rings. The number of benzene rings is 1. The molecule has 1 heterocycles. The lowest BCUT2D eigenvalue weighted by atomic mass is 10.1. The zero-order valence-electron chi connectivity index (χ0n) is 10.7. The highest BCUT2D eigenvalue weighted by molar-refractivity contribution is 5.93. The van der Waals surface area contributed by atoms with Gasteiger partial charge in [0, 0.05) is 31.7 Å². The molecule has 18 heavy (non-hydrogen) atoms. The van der Waals surface area contributed by atoms with E-state index in [1.54, 1.807) is 19.1 Å². The van der Waals surface area contributed by atoms with Gasteiger partial charge in [0.05, 0.1) is 0 Å². The van der Waals surface area contributed by atoms with Crippen molar-refractivity contribution in [2.45, 2.75) is 6.92 Å². The Morgan fingerprint density at radius 3 is 2.56 bits per heavy atom. The first-order valence-corrected chi connectivity index (χ1v) is 6.07. The molecule has 0 saturated carbocycles. The molecule has 1 aliphatic heterocycles. The molecule has 1 amide bonds. The van der Waals surface area contributed by atoms with Gasteiger partial charge in [-0.25, -0.2) is 9.40 Å². The summed E-state index contributed by atoms with van der Waals surface area (Å²) in [6.45, 7) is 5.09. The fourth-order valence-electron chi connectivity index (χ4n) is 1.86. The third-order valence-electron chi connectivity index (χ3n) is 3.20. The van der Waals surface area contributed by atoms with Crippen LogP contribution in [0.1, 0.15) is 15.9 Å². The monoisotopic (exact) mass is 251 g/mol. The number of hydrogen-bond acceptors (Lipinski definition) is 3. The van der Waals surface area contributed by atoms with E-state index >= 15 is 0 Å². The minimum Gasteiger partial charge on any atom is -0.304 e. The van der Waals surface area contributed by atoms with Crippen LogP contribution in [0.4, 0.5) is 4.39 Å². The number of halogens is 1. The smallest absolute Gasteiger partial charge is 0.265 e. The molecule has 1 saturated heterocycles. The molecule has 4 nitrogen and oxygen atoms in total. The van der Waals surface area contributed by atoms with Crippen LogP contribution < -0.4 is 5.43 Å². The first-order valence-electron chi connectivity index (χ1n) is 6.07. The van der Waals surface area contributed by atoms with Crippen molar-refractivity contribution in [3.8, 4) is 0 Å². The predicted octanol–water partition coefficient (Wildman–Crippen LogP) is 1.03. The van der Waals surface area contributed by atoms with E-state index in [2.05, 4.69) is 17.4 Å². The highest BCUT2D eigenvalue weighted by Crippen LogP contribution is 2.09. The summed E-state index contributed by atoms with van der Waals surface area (Å²) >= 11 is 0. The fraction of sp³-hybridized carbons (Fsp3) is 0.462. The standard InChI is InChI=1S/C13H18FN3O/c1-10-3-4-11(9-12(10)14)13(18)15-17-7-5-16(2)6-8-17/h3-4,9H,5-8H2,1-2H3,(H,15,18). The fourth-order valence-corrected chi connectivity index (χ4v) is 1.86. The molecule has 0 bridgehead atoms. The molecule has 0 spiro atoms. The molecule has 98 valence electrons. The molecule has 1 fully saturated rings. The maximum Gasteiger partial charge on any atom is 0.265 e. The van der Waals surface area contributed by atoms with Crippen LogP contribution in [0.3, 0.4) is 0 Å². The highest BCUT2D eigenvalue weighted by Gasteiger charge is 2.16. The van der Waals surface area contributed by atoms with Gasteiger partial charge in [-0.05, 0) is 31.7 Å². The quantitative estimate of drug-likeness (QED) is 0.852. The number of carbonyl (C=O) groups excluding carboxylic acids is 1. The maximum absolute atomic E-state index is 13.4. The topological polar surface area (TPSA) is 35.6 Å². The first-order chi connectivity index (χ1) is 8.56. The van der Waals surface area contributed by atoms with Crippen molar-refractivity contribution in [3.05, 3.63) is 35.1 Å². The number of rotatable bonds is 2. The molecule has 0 aliphatic carbocycles. The molecule has 0 unspecified atom stereocenters. The van der Waals surface area contributed by atoms with E-state index in [0.717, 1.165) is 26.2 Å². The minimum atomic E-state index is -0.346. The van der Waals surface area contributed by atoms with E-state index in [-0.39, 0.29) is 11.7 Å². The van der Waals surface area contributed by atoms with E-state index in [1.165, 1.54) is 6.07 Å². The van der Waals surface area contributed by atoms with Crippen molar-refractivity contribution in [2.24, 2.45) is 0 Å². The molecule has 0 radical (unpaired) electrons. The summed E-state index contributed by atoms with van der Waals surface area (Å²) in [5.74, 6) is -0.598. The summed E-state index contributed by atoms with van der Waals surface area (Å²) in [7, 11) is 2.05. The van der Waals surface area contributed by atoms with Gasteiger partial charge >= 0.3 is 0 Å². The molecule has 0 atom stereocenters. The summed E-state index contributed by atoms with van der Waals surface area (Å²) in [6.07, 6.45) is 0. The summed E-state index contributed by atoms with van der Waals surface area (Å²) in [4.78, 5) is 14.1. The number of hydrazine groups is 1. The van der Waals surface area contributed by atoms with Crippen molar-refractivity contribution in [2.75, 3.05) is 33.2 Å². The van der Waals surface area contributed by atoms with Crippen LogP contribution in [0.25, 0.3) is 0 Å². The number of aryl methyl sites for hydroxylation is 1. The molecule has 0 aromatic heterocycles. The van der Waals surface area contributed by atoms with E-state index in [1.807, 2.05) is 5.01 Å². The van der Waals surface area contributed by atoms with Crippen LogP contribution in [0.15, 0.2) is 18.2 Å². The molecular formula is C13H18FN3O. The summed E-state index contributed by atoms with van der Waals surface area (Å²) in [5.41, 5.74) is 3.71. The molecule has 1 aliphatic rings. The van der Waals surface area contributed by atoms with Gasteiger partial charge in [-0.3, -0.25) is 10.2 Å². The van der Waals surface area contributed by atoms with Crippen LogP contribution in [-0.2, 0) is 0 Å². The van der Waals surface area contributed by atoms with Gasteiger partial charge in [0.2, 0.25) is 0 Å². The largest absolute Gasteiger partial charge is 0.304 e. The van der Waals surface area contributed by atoms with E-state index in [9.17, 15) is 9.18 Å². The Morgan fingerprint density at radius 1 is 1.28 bits per heavy atom. The Labute approximate surface area is 106 Å². The van der Waals surface area contributed by atoms with Crippen LogP contribution in [0.5, 0.6) is 0 Å². The molecule has 2 rings (SSSR count). The lowest BCUT2D eigenvalue weighted by molar-refractivity contribution is 0.0662. The number of amides is 1. The zero-order valence-corrected chi connectivity index (χ0v) is 10.7. The lowest BCUT2D eigenvalue weighted by Crippen LogP contribution is -2.52. The Morgan fingerprint density at radius 2 is 1.94 bits per heavy atom. The average molecular weight is 251 g/mol. The number of nitrogens with one attached hydrogen (secondary N) is 1. The predicted molar refractivity (Wildman–Crippen MR) is 67.7 cm³/mol. The van der Waals surface area contributed by atoms with E-state index < -0.39 is 0 Å². The van der Waals surface area contributed by atoms with Crippen LogP contribution in [0.2, 0.25) is 0 Å². The van der Waals surface area contributed by atoms with Gasteiger partial charge in [0.25, 0.3) is 5.91 Å². The normalized spacial score (nSPS) is 17.7. The summed E-state index contributed by atoms with van der Waals surface area (Å²) < 4.78 is 13.4. The van der Waals surface area contributed by atoms with Crippen molar-refractivity contribution >= 4 is 5.91 Å². The van der Waals surface area contributed by atoms with E-state index in [0.29, 0.717) is 11.1 Å². The number of hydrogen-bond donors (Lipinski definition) is 1. The van der Waals surface area contributed by atoms with Gasteiger partial charge < -0.3 is 4.90 Å². The minimum absolute atomic E-state index is 0.251. The molecule has 1 aromatic carbocycles. The molecule has 5 heteroatoms. The number of likely N-dealkylation sites (N-methyl/N-ethyl adjacent to an activating group) is 1. The Balaban J connectivity index is 1.97. The second-order valence-corrected chi connectivity index (χ2v) is 4.70.